The largest absolute Gasteiger partial charge is 0.486 e. The summed E-state index contributed by atoms with van der Waals surface area (Å²) in [6.07, 6.45) is 2.57. The zero-order chi connectivity index (χ0) is 12.7. The van der Waals surface area contributed by atoms with Gasteiger partial charge in [-0.25, -0.2) is 14.2 Å². The predicted octanol–water partition coefficient (Wildman–Crippen LogP) is 1.02. The van der Waals surface area contributed by atoms with Crippen LogP contribution < -0.4 is 4.74 Å². The lowest BCUT2D eigenvalue weighted by molar-refractivity contribution is 0.0588. The Balaban J connectivity index is 2.68. The molecule has 0 saturated carbocycles. The summed E-state index contributed by atoms with van der Waals surface area (Å²) in [6, 6.07) is 1.04. The lowest BCUT2D eigenvalue weighted by Crippen LogP contribution is -2.08. The second-order valence-corrected chi connectivity index (χ2v) is 2.77. The van der Waals surface area contributed by atoms with Crippen molar-refractivity contribution in [1.82, 2.24) is 4.98 Å². The lowest BCUT2D eigenvalue weighted by atomic mass is 10.3. The molecule has 1 heterocycles. The molecule has 0 radical (unpaired) electrons. The third-order valence-corrected chi connectivity index (χ3v) is 1.70. The fourth-order valence-electron chi connectivity index (χ4n) is 0.985. The highest BCUT2D eigenvalue weighted by Gasteiger charge is 2.14. The van der Waals surface area contributed by atoms with Crippen molar-refractivity contribution in [1.29, 1.82) is 0 Å². The molecular weight excluding hydrogens is 231 g/mol. The number of pyridine rings is 1. The highest BCUT2D eigenvalue weighted by molar-refractivity contribution is 5.87. The maximum absolute atomic E-state index is 13.4. The second-order valence-electron chi connectivity index (χ2n) is 2.77. The smallest absolute Gasteiger partial charge is 0.359 e. The van der Waals surface area contributed by atoms with Gasteiger partial charge in [0.2, 0.25) is 0 Å². The van der Waals surface area contributed by atoms with Gasteiger partial charge in [-0.1, -0.05) is 5.16 Å². The molecule has 0 aliphatic carbocycles. The molecule has 0 fully saturated rings. The number of esters is 1. The molecule has 1 rings (SSSR count). The molecule has 0 bridgehead atoms. The van der Waals surface area contributed by atoms with Gasteiger partial charge in [0.25, 0.3) is 0 Å². The quantitative estimate of drug-likeness (QED) is 0.438. The van der Waals surface area contributed by atoms with Gasteiger partial charge < -0.3 is 14.3 Å². The van der Waals surface area contributed by atoms with Crippen LogP contribution in [-0.2, 0) is 9.57 Å². The molecule has 92 valence electrons. The van der Waals surface area contributed by atoms with E-state index < -0.39 is 11.8 Å². The summed E-state index contributed by atoms with van der Waals surface area (Å²) in [5.41, 5.74) is -0.384. The number of halogens is 1. The van der Waals surface area contributed by atoms with Crippen LogP contribution in [0.2, 0.25) is 0 Å². The molecule has 1 aromatic rings. The van der Waals surface area contributed by atoms with Crippen molar-refractivity contribution in [2.24, 2.45) is 5.16 Å². The number of carbonyl (C=O) groups excluding carboxylic acids is 1. The Labute approximate surface area is 97.0 Å². The van der Waals surface area contributed by atoms with Crippen molar-refractivity contribution in [3.63, 3.8) is 0 Å². The first kappa shape index (κ1) is 12.9. The molecule has 0 aliphatic heterocycles. The number of ether oxygens (including phenoxy) is 2. The summed E-state index contributed by atoms with van der Waals surface area (Å²) in [6.45, 7) is 0.104. The highest BCUT2D eigenvalue weighted by atomic mass is 19.1. The Kier molecular flexibility index (Phi) is 4.86. The van der Waals surface area contributed by atoms with Crippen LogP contribution >= 0.6 is 0 Å². The van der Waals surface area contributed by atoms with E-state index in [1.54, 1.807) is 0 Å². The van der Waals surface area contributed by atoms with Gasteiger partial charge in [-0.05, 0) is 0 Å². The van der Waals surface area contributed by atoms with Gasteiger partial charge in [0.1, 0.15) is 19.5 Å². The van der Waals surface area contributed by atoms with Gasteiger partial charge in [-0.2, -0.15) is 0 Å². The van der Waals surface area contributed by atoms with Crippen LogP contribution in [0.15, 0.2) is 17.4 Å². The Morgan fingerprint density at radius 1 is 1.59 bits per heavy atom. The van der Waals surface area contributed by atoms with Crippen LogP contribution in [0.3, 0.4) is 0 Å². The maximum atomic E-state index is 13.4. The molecule has 7 heteroatoms. The highest BCUT2D eigenvalue weighted by Crippen LogP contribution is 2.14. The maximum Gasteiger partial charge on any atom is 0.359 e. The number of oxime groups is 1. The summed E-state index contributed by atoms with van der Waals surface area (Å²) < 4.78 is 22.8. The average molecular weight is 242 g/mol. The minimum absolute atomic E-state index is 0.104. The van der Waals surface area contributed by atoms with Crippen molar-refractivity contribution in [2.45, 2.75) is 0 Å². The first-order valence-corrected chi connectivity index (χ1v) is 4.60. The molecule has 0 saturated heterocycles. The molecule has 6 nitrogen and oxygen atoms in total. The van der Waals surface area contributed by atoms with Gasteiger partial charge in [0.05, 0.1) is 19.5 Å². The van der Waals surface area contributed by atoms with E-state index in [0.29, 0.717) is 0 Å². The van der Waals surface area contributed by atoms with E-state index in [1.165, 1.54) is 19.5 Å². The number of hydrogen-bond donors (Lipinski definition) is 0. The topological polar surface area (TPSA) is 70.0 Å². The summed E-state index contributed by atoms with van der Waals surface area (Å²) in [5, 5.41) is 3.43. The van der Waals surface area contributed by atoms with E-state index in [9.17, 15) is 9.18 Å². The number of hydrogen-bond acceptors (Lipinski definition) is 6. The zero-order valence-corrected chi connectivity index (χ0v) is 9.34. The Morgan fingerprint density at radius 3 is 2.94 bits per heavy atom. The standard InChI is InChI=1S/C10H11FN2O4/c1-15-10(14)9-8(11)5-7(6-12-9)17-4-3-13-16-2/h3,5-6H,4H2,1-2H3/b13-3+. The van der Waals surface area contributed by atoms with Crippen LogP contribution in [0.4, 0.5) is 4.39 Å². The van der Waals surface area contributed by atoms with E-state index >= 15 is 0 Å². The average Bonchev–Trinajstić information content (AvgIpc) is 2.34. The van der Waals surface area contributed by atoms with Gasteiger partial charge in [-0.15, -0.1) is 0 Å². The molecule has 0 amide bonds. The van der Waals surface area contributed by atoms with Crippen LogP contribution in [0.5, 0.6) is 5.75 Å². The summed E-state index contributed by atoms with van der Waals surface area (Å²) in [4.78, 5) is 19.0. The van der Waals surface area contributed by atoms with E-state index in [2.05, 4.69) is 19.7 Å². The molecule has 0 atom stereocenters. The van der Waals surface area contributed by atoms with Crippen molar-refractivity contribution < 1.29 is 23.5 Å². The fraction of sp³-hybridized carbons (Fsp3) is 0.300. The summed E-state index contributed by atoms with van der Waals surface area (Å²) in [5.74, 6) is -1.47. The summed E-state index contributed by atoms with van der Waals surface area (Å²) in [7, 11) is 2.54. The third-order valence-electron chi connectivity index (χ3n) is 1.70. The Morgan fingerprint density at radius 2 is 2.35 bits per heavy atom. The Bertz CT molecular complexity index is 423. The van der Waals surface area contributed by atoms with Crippen molar-refractivity contribution in [2.75, 3.05) is 20.8 Å². The first-order chi connectivity index (χ1) is 8.19. The number of rotatable bonds is 5. The lowest BCUT2D eigenvalue weighted by Gasteiger charge is -2.04. The van der Waals surface area contributed by atoms with E-state index in [1.807, 2.05) is 0 Å². The van der Waals surface area contributed by atoms with Gasteiger partial charge in [0, 0.05) is 6.07 Å². The van der Waals surface area contributed by atoms with Crippen LogP contribution in [-0.4, -0.2) is 38.0 Å². The number of carbonyl (C=O) groups is 1. The molecule has 0 aliphatic rings. The van der Waals surface area contributed by atoms with Crippen LogP contribution in [0.25, 0.3) is 0 Å². The predicted molar refractivity (Wildman–Crippen MR) is 56.5 cm³/mol. The molecule has 17 heavy (non-hydrogen) atoms. The fourth-order valence-corrected chi connectivity index (χ4v) is 0.985. The molecule has 1 aromatic heterocycles. The van der Waals surface area contributed by atoms with E-state index in [4.69, 9.17) is 4.74 Å². The van der Waals surface area contributed by atoms with Gasteiger partial charge in [-0.3, -0.25) is 0 Å². The Hall–Kier alpha value is -2.18. The minimum atomic E-state index is -0.838. The number of aromatic nitrogens is 1. The monoisotopic (exact) mass is 242 g/mol. The molecule has 0 spiro atoms. The molecule has 0 N–H and O–H groups in total. The summed E-state index contributed by atoms with van der Waals surface area (Å²) >= 11 is 0. The molecule has 0 aromatic carbocycles. The first-order valence-electron chi connectivity index (χ1n) is 4.60. The van der Waals surface area contributed by atoms with Gasteiger partial charge >= 0.3 is 5.97 Å². The SMILES string of the molecule is CO/N=C/COc1cnc(C(=O)OC)c(F)c1. The van der Waals surface area contributed by atoms with Crippen LogP contribution in [0, 0.1) is 5.82 Å². The van der Waals surface area contributed by atoms with Gasteiger partial charge in [0.15, 0.2) is 11.5 Å². The van der Waals surface area contributed by atoms with E-state index in [-0.39, 0.29) is 18.1 Å². The third kappa shape index (κ3) is 3.71. The van der Waals surface area contributed by atoms with Crippen molar-refractivity contribution in [3.8, 4) is 5.75 Å². The molecular formula is C10H11FN2O4. The number of methoxy groups -OCH3 is 1. The minimum Gasteiger partial charge on any atom is -0.486 e. The number of nitrogens with zero attached hydrogens (tertiary/aromatic N) is 2. The molecule has 0 unspecified atom stereocenters. The second kappa shape index (κ2) is 6.41. The van der Waals surface area contributed by atoms with Crippen molar-refractivity contribution in [3.05, 3.63) is 23.8 Å². The normalized spacial score (nSPS) is 10.3. The zero-order valence-electron chi connectivity index (χ0n) is 9.34. The van der Waals surface area contributed by atoms with Crippen molar-refractivity contribution >= 4 is 12.2 Å². The van der Waals surface area contributed by atoms with E-state index in [0.717, 1.165) is 13.2 Å². The van der Waals surface area contributed by atoms with Crippen LogP contribution in [0.1, 0.15) is 10.5 Å².